The van der Waals surface area contributed by atoms with Crippen molar-refractivity contribution < 1.29 is 4.42 Å². The Morgan fingerprint density at radius 1 is 0.543 bits per heavy atom. The van der Waals surface area contributed by atoms with Gasteiger partial charge >= 0.3 is 0 Å². The third-order valence-corrected chi connectivity index (χ3v) is 8.67. The normalized spacial score (nSPS) is 11.5. The molecular formula is C41H24N4O. The highest BCUT2D eigenvalue weighted by Crippen LogP contribution is 2.40. The topological polar surface area (TPSA) is 67.6 Å². The predicted octanol–water partition coefficient (Wildman–Crippen LogP) is 10.3. The van der Waals surface area contributed by atoms with Crippen molar-refractivity contribution in [2.75, 3.05) is 0 Å². The van der Waals surface area contributed by atoms with E-state index in [1.807, 2.05) is 60.7 Å². The minimum Gasteiger partial charge on any atom is -0.454 e. The second-order valence-corrected chi connectivity index (χ2v) is 11.4. The molecule has 0 N–H and O–H groups in total. The van der Waals surface area contributed by atoms with E-state index in [0.717, 1.165) is 72.1 Å². The second kappa shape index (κ2) is 10.3. The number of benzene rings is 6. The first kappa shape index (κ1) is 25.9. The van der Waals surface area contributed by atoms with Crippen LogP contribution < -0.4 is 0 Å². The van der Waals surface area contributed by atoms with Gasteiger partial charge in [0.15, 0.2) is 11.4 Å². The summed E-state index contributed by atoms with van der Waals surface area (Å²) in [5, 5.41) is 13.8. The van der Waals surface area contributed by atoms with Crippen LogP contribution in [-0.2, 0) is 0 Å². The molecule has 0 aliphatic rings. The molecule has 214 valence electrons. The molecule has 0 unspecified atom stereocenters. The zero-order chi connectivity index (χ0) is 30.6. The van der Waals surface area contributed by atoms with Crippen LogP contribution in [0.4, 0.5) is 0 Å². The molecule has 9 rings (SSSR count). The van der Waals surface area contributed by atoms with E-state index >= 15 is 0 Å². The van der Waals surface area contributed by atoms with E-state index in [1.165, 1.54) is 5.39 Å². The summed E-state index contributed by atoms with van der Waals surface area (Å²) in [5.41, 5.74) is 10.0. The van der Waals surface area contributed by atoms with Crippen LogP contribution in [0.25, 0.3) is 83.3 Å². The average Bonchev–Trinajstić information content (AvgIpc) is 3.68. The van der Waals surface area contributed by atoms with Gasteiger partial charge in [-0.1, -0.05) is 84.9 Å². The molecular weight excluding hydrogens is 564 g/mol. The Bertz CT molecular complexity index is 2620. The molecule has 0 aliphatic heterocycles. The summed E-state index contributed by atoms with van der Waals surface area (Å²) in [6, 6.07) is 51.3. The van der Waals surface area contributed by atoms with Gasteiger partial charge in [0.05, 0.1) is 34.1 Å². The maximum absolute atomic E-state index is 9.30. The molecule has 46 heavy (non-hydrogen) atoms. The Balaban J connectivity index is 1.22. The molecule has 0 radical (unpaired) electrons. The smallest absolute Gasteiger partial charge is 0.160 e. The van der Waals surface area contributed by atoms with E-state index in [4.69, 9.17) is 14.4 Å². The number of aromatic nitrogens is 3. The minimum atomic E-state index is 0.613. The first-order valence-electron chi connectivity index (χ1n) is 15.1. The predicted molar refractivity (Wildman–Crippen MR) is 185 cm³/mol. The monoisotopic (exact) mass is 588 g/mol. The lowest BCUT2D eigenvalue weighted by molar-refractivity contribution is 0.671. The van der Waals surface area contributed by atoms with Crippen molar-refractivity contribution in [1.82, 2.24) is 14.5 Å². The van der Waals surface area contributed by atoms with Gasteiger partial charge in [-0.05, 0) is 60.7 Å². The van der Waals surface area contributed by atoms with Gasteiger partial charge in [-0.25, -0.2) is 9.97 Å². The number of hydrogen-bond acceptors (Lipinski definition) is 4. The fourth-order valence-electron chi connectivity index (χ4n) is 6.46. The van der Waals surface area contributed by atoms with E-state index in [0.29, 0.717) is 11.4 Å². The maximum Gasteiger partial charge on any atom is 0.160 e. The summed E-state index contributed by atoms with van der Waals surface area (Å²) in [5.74, 6) is 0.633. The molecule has 9 aromatic rings. The van der Waals surface area contributed by atoms with Crippen LogP contribution >= 0.6 is 0 Å². The molecule has 0 fully saturated rings. The van der Waals surface area contributed by atoms with E-state index in [9.17, 15) is 5.26 Å². The highest BCUT2D eigenvalue weighted by atomic mass is 16.3. The number of nitriles is 1. The zero-order valence-corrected chi connectivity index (χ0v) is 24.6. The molecule has 6 aromatic carbocycles. The van der Waals surface area contributed by atoms with Crippen LogP contribution in [0.15, 0.2) is 150 Å². The van der Waals surface area contributed by atoms with E-state index in [-0.39, 0.29) is 0 Å². The number of nitrogens with zero attached hydrogens (tertiary/aromatic N) is 4. The van der Waals surface area contributed by atoms with Crippen LogP contribution in [0.5, 0.6) is 0 Å². The fourth-order valence-corrected chi connectivity index (χ4v) is 6.46. The molecule has 3 heterocycles. The summed E-state index contributed by atoms with van der Waals surface area (Å²) < 4.78 is 8.81. The molecule has 5 heteroatoms. The largest absolute Gasteiger partial charge is 0.454 e. The maximum atomic E-state index is 9.30. The van der Waals surface area contributed by atoms with Gasteiger partial charge in [0, 0.05) is 43.9 Å². The van der Waals surface area contributed by atoms with Gasteiger partial charge in [0.1, 0.15) is 5.58 Å². The number of hydrogen-bond donors (Lipinski definition) is 0. The second-order valence-electron chi connectivity index (χ2n) is 11.4. The van der Waals surface area contributed by atoms with Crippen LogP contribution in [0.2, 0.25) is 0 Å². The lowest BCUT2D eigenvalue weighted by atomic mass is 10.1. The van der Waals surface area contributed by atoms with E-state index in [1.54, 1.807) is 0 Å². The van der Waals surface area contributed by atoms with Crippen LogP contribution in [0.1, 0.15) is 5.56 Å². The van der Waals surface area contributed by atoms with Gasteiger partial charge in [-0.15, -0.1) is 0 Å². The molecule has 3 aromatic heterocycles. The fraction of sp³-hybridized carbons (Fsp3) is 0. The first-order chi connectivity index (χ1) is 22.7. The summed E-state index contributed by atoms with van der Waals surface area (Å²) in [7, 11) is 0. The van der Waals surface area contributed by atoms with Crippen molar-refractivity contribution in [3.8, 4) is 45.7 Å². The zero-order valence-electron chi connectivity index (χ0n) is 24.6. The van der Waals surface area contributed by atoms with Crippen molar-refractivity contribution in [3.05, 3.63) is 151 Å². The molecule has 0 saturated heterocycles. The van der Waals surface area contributed by atoms with Gasteiger partial charge < -0.3 is 8.98 Å². The summed E-state index contributed by atoms with van der Waals surface area (Å²) in [6.07, 6.45) is 0. The SMILES string of the molecule is N#Cc1ccc(-c2cc(-c3ccccc3)nc(-c3ccc(-n4c5ccccc5c5ccc6c7ccccc7oc6c54)cc3)n2)cc1. The number of para-hydroxylation sites is 2. The third-order valence-electron chi connectivity index (χ3n) is 8.67. The van der Waals surface area contributed by atoms with Crippen molar-refractivity contribution in [2.24, 2.45) is 0 Å². The van der Waals surface area contributed by atoms with E-state index < -0.39 is 0 Å². The van der Waals surface area contributed by atoms with Crippen LogP contribution in [-0.4, -0.2) is 14.5 Å². The number of rotatable bonds is 4. The molecule has 0 spiro atoms. The van der Waals surface area contributed by atoms with Gasteiger partial charge in [-0.2, -0.15) is 5.26 Å². The highest BCUT2D eigenvalue weighted by molar-refractivity contribution is 6.21. The molecule has 0 amide bonds. The molecule has 0 saturated carbocycles. The Labute approximate surface area is 264 Å². The van der Waals surface area contributed by atoms with Crippen molar-refractivity contribution >= 4 is 43.7 Å². The van der Waals surface area contributed by atoms with Gasteiger partial charge in [-0.3, -0.25) is 0 Å². The average molecular weight is 589 g/mol. The molecule has 5 nitrogen and oxygen atoms in total. The quantitative estimate of drug-likeness (QED) is 0.205. The van der Waals surface area contributed by atoms with Crippen LogP contribution in [0.3, 0.4) is 0 Å². The van der Waals surface area contributed by atoms with Crippen molar-refractivity contribution in [1.29, 1.82) is 5.26 Å². The highest BCUT2D eigenvalue weighted by Gasteiger charge is 2.19. The van der Waals surface area contributed by atoms with Crippen molar-refractivity contribution in [2.45, 2.75) is 0 Å². The Hall–Kier alpha value is -6.51. The summed E-state index contributed by atoms with van der Waals surface area (Å²) in [4.78, 5) is 10.0. The van der Waals surface area contributed by atoms with Gasteiger partial charge in [0.2, 0.25) is 0 Å². The third kappa shape index (κ3) is 4.09. The van der Waals surface area contributed by atoms with E-state index in [2.05, 4.69) is 95.6 Å². The first-order valence-corrected chi connectivity index (χ1v) is 15.1. The Kier molecular flexibility index (Phi) is 5.81. The molecule has 0 bridgehead atoms. The summed E-state index contributed by atoms with van der Waals surface area (Å²) in [6.45, 7) is 0. The van der Waals surface area contributed by atoms with Crippen molar-refractivity contribution in [3.63, 3.8) is 0 Å². The minimum absolute atomic E-state index is 0.613. The number of fused-ring (bicyclic) bond motifs is 7. The molecule has 0 atom stereocenters. The Morgan fingerprint density at radius 3 is 1.93 bits per heavy atom. The molecule has 0 aliphatic carbocycles. The van der Waals surface area contributed by atoms with Crippen LogP contribution in [0, 0.1) is 11.3 Å². The summed E-state index contributed by atoms with van der Waals surface area (Å²) >= 11 is 0. The lowest BCUT2D eigenvalue weighted by Crippen LogP contribution is -1.97. The van der Waals surface area contributed by atoms with Gasteiger partial charge in [0.25, 0.3) is 0 Å². The lowest BCUT2D eigenvalue weighted by Gasteiger charge is -2.11. The Morgan fingerprint density at radius 2 is 1.17 bits per heavy atom. The number of furan rings is 1. The standard InChI is InChI=1S/C41H24N4O/c42-25-26-14-16-28(17-15-26)36-24-35(27-8-2-1-3-9-27)43-41(44-36)29-18-20-30(21-19-29)45-37-12-6-4-10-31(37)33-22-23-34-32-11-5-7-13-38(32)46-40(34)39(33)45/h1-24H.